The number of benzene rings is 1. The molecule has 0 radical (unpaired) electrons. The summed E-state index contributed by atoms with van der Waals surface area (Å²) in [7, 11) is 0. The molecule has 1 N–H and O–H groups in total. The van der Waals surface area contributed by atoms with Crippen molar-refractivity contribution in [2.75, 3.05) is 18.4 Å². The van der Waals surface area contributed by atoms with E-state index in [1.807, 2.05) is 4.90 Å². The number of anilines is 1. The number of hydrogen-bond donors (Lipinski definition) is 1. The van der Waals surface area contributed by atoms with E-state index >= 15 is 0 Å². The van der Waals surface area contributed by atoms with Crippen molar-refractivity contribution < 1.29 is 9.59 Å². The molecule has 2 atom stereocenters. The van der Waals surface area contributed by atoms with E-state index < -0.39 is 0 Å². The molecule has 22 heavy (non-hydrogen) atoms. The third-order valence-electron chi connectivity index (χ3n) is 4.30. The molecule has 1 saturated heterocycles. The number of nitrogens with one attached hydrogen (secondary N) is 1. The second-order valence-corrected chi connectivity index (χ2v) is 6.79. The van der Waals surface area contributed by atoms with Crippen molar-refractivity contribution in [2.45, 2.75) is 25.7 Å². The van der Waals surface area contributed by atoms with E-state index in [1.54, 1.807) is 18.2 Å². The van der Waals surface area contributed by atoms with Gasteiger partial charge < -0.3 is 10.2 Å². The van der Waals surface area contributed by atoms with Gasteiger partial charge in [0.2, 0.25) is 11.8 Å². The highest BCUT2D eigenvalue weighted by atomic mass is 35.5. The van der Waals surface area contributed by atoms with Gasteiger partial charge in [0, 0.05) is 18.1 Å². The number of hydrogen-bond acceptors (Lipinski definition) is 2. The van der Waals surface area contributed by atoms with Gasteiger partial charge in [0.1, 0.15) is 0 Å². The van der Waals surface area contributed by atoms with Crippen LogP contribution in [-0.4, -0.2) is 29.8 Å². The molecular weight excluding hydrogens is 323 g/mol. The summed E-state index contributed by atoms with van der Waals surface area (Å²) >= 11 is 11.9. The number of carbonyl (C=O) groups is 2. The van der Waals surface area contributed by atoms with Gasteiger partial charge >= 0.3 is 0 Å². The molecule has 2 aliphatic rings. The number of piperidine rings is 1. The number of likely N-dealkylation sites (tertiary alicyclic amines) is 1. The SMILES string of the molecule is O=C(Nc1cc(Cl)ccc1Cl)C1CC1C(=O)N1CCCCC1. The molecule has 2 fully saturated rings. The van der Waals surface area contributed by atoms with Crippen molar-refractivity contribution in [3.63, 3.8) is 0 Å². The fraction of sp³-hybridized carbons (Fsp3) is 0.500. The molecule has 0 spiro atoms. The second-order valence-electron chi connectivity index (χ2n) is 5.95. The zero-order valence-corrected chi connectivity index (χ0v) is 13.7. The van der Waals surface area contributed by atoms with Gasteiger partial charge in [0.05, 0.1) is 22.5 Å². The molecular formula is C16H18Cl2N2O2. The monoisotopic (exact) mass is 340 g/mol. The third kappa shape index (κ3) is 3.39. The highest BCUT2D eigenvalue weighted by Crippen LogP contribution is 2.41. The van der Waals surface area contributed by atoms with E-state index in [4.69, 9.17) is 23.2 Å². The summed E-state index contributed by atoms with van der Waals surface area (Å²) in [5.41, 5.74) is 0.496. The van der Waals surface area contributed by atoms with Crippen LogP contribution in [0.15, 0.2) is 18.2 Å². The Morgan fingerprint density at radius 1 is 1.09 bits per heavy atom. The Morgan fingerprint density at radius 2 is 1.82 bits per heavy atom. The quantitative estimate of drug-likeness (QED) is 0.914. The Kier molecular flexibility index (Phi) is 4.59. The van der Waals surface area contributed by atoms with Crippen LogP contribution >= 0.6 is 23.2 Å². The molecule has 1 aromatic rings. The Hall–Kier alpha value is -1.26. The molecule has 118 valence electrons. The van der Waals surface area contributed by atoms with Crippen LogP contribution < -0.4 is 5.32 Å². The zero-order valence-electron chi connectivity index (χ0n) is 12.1. The van der Waals surface area contributed by atoms with Crippen molar-refractivity contribution in [3.8, 4) is 0 Å². The summed E-state index contributed by atoms with van der Waals surface area (Å²) in [6, 6.07) is 4.92. The van der Waals surface area contributed by atoms with Crippen LogP contribution in [-0.2, 0) is 9.59 Å². The topological polar surface area (TPSA) is 49.4 Å². The average molecular weight is 341 g/mol. The average Bonchev–Trinajstić information content (AvgIpc) is 3.32. The predicted octanol–water partition coefficient (Wildman–Crippen LogP) is 3.58. The fourth-order valence-electron chi connectivity index (χ4n) is 2.93. The fourth-order valence-corrected chi connectivity index (χ4v) is 3.26. The Bertz CT molecular complexity index is 600. The number of amides is 2. The molecule has 1 aliphatic heterocycles. The Labute approximate surface area is 139 Å². The van der Waals surface area contributed by atoms with Gasteiger partial charge in [0.15, 0.2) is 0 Å². The van der Waals surface area contributed by atoms with Crippen molar-refractivity contribution >= 4 is 40.7 Å². The lowest BCUT2D eigenvalue weighted by molar-refractivity contribution is -0.134. The van der Waals surface area contributed by atoms with Gasteiger partial charge in [-0.05, 0) is 43.9 Å². The summed E-state index contributed by atoms with van der Waals surface area (Å²) in [5, 5.41) is 3.73. The van der Waals surface area contributed by atoms with Crippen molar-refractivity contribution in [1.82, 2.24) is 4.90 Å². The summed E-state index contributed by atoms with van der Waals surface area (Å²) < 4.78 is 0. The lowest BCUT2D eigenvalue weighted by Crippen LogP contribution is -2.37. The largest absolute Gasteiger partial charge is 0.342 e. The Balaban J connectivity index is 1.58. The molecule has 1 aromatic carbocycles. The van der Waals surface area contributed by atoms with E-state index in [0.717, 1.165) is 25.9 Å². The number of halogens is 2. The molecule has 0 bridgehead atoms. The third-order valence-corrected chi connectivity index (χ3v) is 4.86. The molecule has 4 nitrogen and oxygen atoms in total. The molecule has 3 rings (SSSR count). The van der Waals surface area contributed by atoms with Crippen LogP contribution in [0.3, 0.4) is 0 Å². The van der Waals surface area contributed by atoms with E-state index in [-0.39, 0.29) is 23.7 Å². The minimum atomic E-state index is -0.246. The standard InChI is InChI=1S/C16H18Cl2N2O2/c17-10-4-5-13(18)14(8-10)19-15(21)11-9-12(11)16(22)20-6-2-1-3-7-20/h4-5,8,11-12H,1-3,6-7,9H2,(H,19,21). The first-order valence-corrected chi connectivity index (χ1v) is 8.36. The van der Waals surface area contributed by atoms with E-state index in [0.29, 0.717) is 22.2 Å². The Morgan fingerprint density at radius 3 is 2.55 bits per heavy atom. The van der Waals surface area contributed by atoms with E-state index in [1.165, 1.54) is 6.42 Å². The molecule has 2 amide bonds. The van der Waals surface area contributed by atoms with E-state index in [2.05, 4.69) is 5.32 Å². The molecule has 1 saturated carbocycles. The van der Waals surface area contributed by atoms with Gasteiger partial charge in [-0.15, -0.1) is 0 Å². The number of rotatable bonds is 3. The maximum atomic E-state index is 12.3. The minimum Gasteiger partial charge on any atom is -0.342 e. The van der Waals surface area contributed by atoms with Crippen molar-refractivity contribution in [3.05, 3.63) is 28.2 Å². The maximum Gasteiger partial charge on any atom is 0.228 e. The van der Waals surface area contributed by atoms with Gasteiger partial charge in [-0.25, -0.2) is 0 Å². The molecule has 6 heteroatoms. The van der Waals surface area contributed by atoms with Crippen molar-refractivity contribution in [1.29, 1.82) is 0 Å². The van der Waals surface area contributed by atoms with Crippen LogP contribution in [0.4, 0.5) is 5.69 Å². The summed E-state index contributed by atoms with van der Waals surface area (Å²) in [4.78, 5) is 26.5. The minimum absolute atomic E-state index is 0.122. The van der Waals surface area contributed by atoms with Crippen LogP contribution in [0.1, 0.15) is 25.7 Å². The molecule has 2 unspecified atom stereocenters. The number of nitrogens with zero attached hydrogens (tertiary/aromatic N) is 1. The second kappa shape index (κ2) is 6.47. The summed E-state index contributed by atoms with van der Waals surface area (Å²) in [5.74, 6) is -0.447. The first kappa shape index (κ1) is 15.6. The van der Waals surface area contributed by atoms with Gasteiger partial charge in [-0.1, -0.05) is 23.2 Å². The van der Waals surface area contributed by atoms with E-state index in [9.17, 15) is 9.59 Å². The molecule has 1 heterocycles. The lowest BCUT2D eigenvalue weighted by atomic mass is 10.1. The lowest BCUT2D eigenvalue weighted by Gasteiger charge is -2.26. The first-order valence-electron chi connectivity index (χ1n) is 7.61. The predicted molar refractivity (Wildman–Crippen MR) is 87.1 cm³/mol. The normalized spacial score (nSPS) is 24.0. The van der Waals surface area contributed by atoms with Gasteiger partial charge in [-0.2, -0.15) is 0 Å². The van der Waals surface area contributed by atoms with Gasteiger partial charge in [0.25, 0.3) is 0 Å². The molecule has 0 aromatic heterocycles. The van der Waals surface area contributed by atoms with Gasteiger partial charge in [-0.3, -0.25) is 9.59 Å². The van der Waals surface area contributed by atoms with Crippen molar-refractivity contribution in [2.24, 2.45) is 11.8 Å². The van der Waals surface area contributed by atoms with Crippen LogP contribution in [0, 0.1) is 11.8 Å². The zero-order chi connectivity index (χ0) is 15.7. The summed E-state index contributed by atoms with van der Waals surface area (Å²) in [6.45, 7) is 1.65. The molecule has 1 aliphatic carbocycles. The highest BCUT2D eigenvalue weighted by molar-refractivity contribution is 6.35. The highest BCUT2D eigenvalue weighted by Gasteiger charge is 2.49. The van der Waals surface area contributed by atoms with Crippen LogP contribution in [0.5, 0.6) is 0 Å². The summed E-state index contributed by atoms with van der Waals surface area (Å²) in [6.07, 6.45) is 3.94. The maximum absolute atomic E-state index is 12.3. The van der Waals surface area contributed by atoms with Crippen LogP contribution in [0.25, 0.3) is 0 Å². The van der Waals surface area contributed by atoms with Crippen LogP contribution in [0.2, 0.25) is 10.0 Å². The smallest absolute Gasteiger partial charge is 0.228 e. The first-order chi connectivity index (χ1) is 10.6. The number of carbonyl (C=O) groups excluding carboxylic acids is 2.